The van der Waals surface area contributed by atoms with Crippen LogP contribution < -0.4 is 10.6 Å². The van der Waals surface area contributed by atoms with Crippen LogP contribution in [-0.2, 0) is 60.6 Å². The van der Waals surface area contributed by atoms with Gasteiger partial charge >= 0.3 is 36.6 Å². The zero-order valence-electron chi connectivity index (χ0n) is 31.2. The molecule has 0 radical (unpaired) electrons. The second-order valence-electron chi connectivity index (χ2n) is 9.99. The van der Waals surface area contributed by atoms with Gasteiger partial charge in [-0.05, 0) is 73.6 Å². The lowest BCUT2D eigenvalue weighted by molar-refractivity contribution is -0.137. The smallest absolute Gasteiger partial charge is 0.417 e. The Hall–Kier alpha value is -1.62. The standard InChI is InChI=1S/C15H24ClF3N2O6P2.C14H26N2O7P2/c1-5-24-28(22,25-6-2)14(29(23,26-7-3)27-8-4)21-13-12(16)9-11(10-20-13)15(17,18)19;1-5-20-24(18,21-6-2)14(25(19,22-7-3)23-8-4)16-13-10-9-12(17)11-15-13/h9-10,14H,5-8H2,1-4H3,(H,20,21);9-11,14,17H,5-8H2,1-4H3,(H,15,16). The monoisotopic (exact) mass is 878 g/mol. The molecule has 25 heteroatoms. The van der Waals surface area contributed by atoms with Crippen LogP contribution in [-0.4, -0.2) is 79.0 Å². The largest absolute Gasteiger partial charge is 0.506 e. The van der Waals surface area contributed by atoms with E-state index in [2.05, 4.69) is 20.6 Å². The number of nitrogens with zero attached hydrogens (tertiary/aromatic N) is 2. The number of aromatic nitrogens is 2. The Morgan fingerprint density at radius 1 is 0.630 bits per heavy atom. The van der Waals surface area contributed by atoms with Crippen molar-refractivity contribution >= 4 is 53.6 Å². The third-order valence-corrected chi connectivity index (χ3v) is 17.7. The summed E-state index contributed by atoms with van der Waals surface area (Å²) in [6, 6.07) is 3.45. The first-order valence-electron chi connectivity index (χ1n) is 16.8. The minimum absolute atomic E-state index is 0.0438. The number of alkyl halides is 3. The molecule has 312 valence electrons. The molecule has 2 aromatic heterocycles. The van der Waals surface area contributed by atoms with Gasteiger partial charge in [-0.1, -0.05) is 11.6 Å². The summed E-state index contributed by atoms with van der Waals surface area (Å²) in [5, 5.41) is 14.2. The van der Waals surface area contributed by atoms with Crippen molar-refractivity contribution in [2.75, 3.05) is 63.5 Å². The number of aromatic hydroxyl groups is 1. The van der Waals surface area contributed by atoms with Gasteiger partial charge < -0.3 is 51.9 Å². The van der Waals surface area contributed by atoms with E-state index >= 15 is 0 Å². The summed E-state index contributed by atoms with van der Waals surface area (Å²) in [6.07, 6.45) is -2.94. The van der Waals surface area contributed by atoms with E-state index in [-0.39, 0.29) is 70.2 Å². The number of halogens is 4. The molecule has 17 nitrogen and oxygen atoms in total. The topological polar surface area (TPSA) is 212 Å². The molecule has 0 aliphatic rings. The van der Waals surface area contributed by atoms with E-state index in [0.717, 1.165) is 0 Å². The lowest BCUT2D eigenvalue weighted by atomic mass is 10.3. The van der Waals surface area contributed by atoms with E-state index in [1.54, 1.807) is 55.4 Å². The van der Waals surface area contributed by atoms with Gasteiger partial charge in [-0.2, -0.15) is 13.2 Å². The van der Waals surface area contributed by atoms with Crippen LogP contribution in [0.3, 0.4) is 0 Å². The Labute approximate surface area is 318 Å². The fourth-order valence-corrected chi connectivity index (χ4v) is 14.3. The summed E-state index contributed by atoms with van der Waals surface area (Å²) < 4.78 is 134. The van der Waals surface area contributed by atoms with E-state index in [0.29, 0.717) is 12.3 Å². The maximum absolute atomic E-state index is 13.4. The van der Waals surface area contributed by atoms with E-state index in [1.807, 2.05) is 0 Å². The number of hydrogen-bond donors (Lipinski definition) is 3. The van der Waals surface area contributed by atoms with Gasteiger partial charge in [-0.15, -0.1) is 0 Å². The predicted molar refractivity (Wildman–Crippen MR) is 198 cm³/mol. The average Bonchev–Trinajstić information content (AvgIpc) is 3.08. The molecule has 0 amide bonds. The van der Waals surface area contributed by atoms with Crippen molar-refractivity contribution in [1.29, 1.82) is 0 Å². The van der Waals surface area contributed by atoms with Crippen LogP contribution in [0.5, 0.6) is 5.75 Å². The summed E-state index contributed by atoms with van der Waals surface area (Å²) in [5.41, 5.74) is -4.20. The number of rotatable bonds is 24. The van der Waals surface area contributed by atoms with E-state index in [4.69, 9.17) is 47.8 Å². The molecule has 0 atom stereocenters. The quantitative estimate of drug-likeness (QED) is 0.0837. The third kappa shape index (κ3) is 14.7. The first kappa shape index (κ1) is 50.4. The van der Waals surface area contributed by atoms with Crippen LogP contribution in [0.15, 0.2) is 30.6 Å². The molecular weight excluding hydrogens is 829 g/mol. The van der Waals surface area contributed by atoms with Crippen LogP contribution >= 0.6 is 42.0 Å². The summed E-state index contributed by atoms with van der Waals surface area (Å²) in [4.78, 5) is 7.58. The van der Waals surface area contributed by atoms with Gasteiger partial charge in [0.2, 0.25) is 11.0 Å². The zero-order valence-corrected chi connectivity index (χ0v) is 35.6. The maximum Gasteiger partial charge on any atom is 0.417 e. The van der Waals surface area contributed by atoms with Crippen molar-refractivity contribution < 1.29 is 72.7 Å². The lowest BCUT2D eigenvalue weighted by Gasteiger charge is -2.32. The first-order chi connectivity index (χ1) is 25.3. The second-order valence-corrected chi connectivity index (χ2v) is 19.7. The highest BCUT2D eigenvalue weighted by atomic mass is 35.5. The van der Waals surface area contributed by atoms with Gasteiger partial charge in [0.15, 0.2) is 0 Å². The van der Waals surface area contributed by atoms with Crippen molar-refractivity contribution in [1.82, 2.24) is 9.97 Å². The highest BCUT2D eigenvalue weighted by Gasteiger charge is 2.53. The van der Waals surface area contributed by atoms with Crippen LogP contribution in [0.4, 0.5) is 24.8 Å². The Balaban J connectivity index is 0.000000546. The van der Waals surface area contributed by atoms with Crippen molar-refractivity contribution in [2.45, 2.75) is 72.6 Å². The van der Waals surface area contributed by atoms with Crippen LogP contribution in [0.2, 0.25) is 5.02 Å². The zero-order chi connectivity index (χ0) is 41.2. The minimum atomic E-state index is -4.66. The number of anilines is 2. The van der Waals surface area contributed by atoms with Gasteiger partial charge in [0.1, 0.15) is 17.4 Å². The molecule has 54 heavy (non-hydrogen) atoms. The fourth-order valence-electron chi connectivity index (χ4n) is 4.24. The van der Waals surface area contributed by atoms with Crippen molar-refractivity contribution in [3.05, 3.63) is 41.2 Å². The molecule has 0 fully saturated rings. The predicted octanol–water partition coefficient (Wildman–Crippen LogP) is 10.00. The Bertz CT molecular complexity index is 1520. The summed E-state index contributed by atoms with van der Waals surface area (Å²) >= 11 is 5.92. The molecular formula is C29H50ClF3N4O13P4. The van der Waals surface area contributed by atoms with Crippen molar-refractivity contribution in [3.8, 4) is 5.75 Å². The maximum atomic E-state index is 13.4. The van der Waals surface area contributed by atoms with Crippen LogP contribution in [0.25, 0.3) is 0 Å². The van der Waals surface area contributed by atoms with Gasteiger partial charge in [0, 0.05) is 6.20 Å². The van der Waals surface area contributed by atoms with E-state index < -0.39 is 58.2 Å². The second kappa shape index (κ2) is 23.6. The van der Waals surface area contributed by atoms with Crippen LogP contribution in [0, 0.1) is 0 Å². The fraction of sp³-hybridized carbons (Fsp3) is 0.655. The van der Waals surface area contributed by atoms with E-state index in [9.17, 15) is 36.5 Å². The van der Waals surface area contributed by atoms with Gasteiger partial charge in [-0.25, -0.2) is 9.97 Å². The third-order valence-electron chi connectivity index (χ3n) is 6.13. The Morgan fingerprint density at radius 2 is 0.981 bits per heavy atom. The van der Waals surface area contributed by atoms with E-state index in [1.165, 1.54) is 18.3 Å². The minimum Gasteiger partial charge on any atom is -0.506 e. The number of hydrogen-bond acceptors (Lipinski definition) is 17. The molecule has 0 aliphatic carbocycles. The van der Waals surface area contributed by atoms with Crippen molar-refractivity contribution in [2.24, 2.45) is 0 Å². The van der Waals surface area contributed by atoms with Crippen molar-refractivity contribution in [3.63, 3.8) is 0 Å². The molecule has 0 aliphatic heterocycles. The molecule has 0 bridgehead atoms. The molecule has 3 N–H and O–H groups in total. The Kier molecular flexibility index (Phi) is 22.0. The lowest BCUT2D eigenvalue weighted by Crippen LogP contribution is -2.26. The first-order valence-corrected chi connectivity index (χ1v) is 23.6. The van der Waals surface area contributed by atoms with Gasteiger partial charge in [0.05, 0.1) is 69.6 Å². The van der Waals surface area contributed by atoms with Gasteiger partial charge in [-0.3, -0.25) is 18.3 Å². The summed E-state index contributed by atoms with van der Waals surface area (Å²) in [5.74, 6) is -0.149. The molecule has 0 saturated carbocycles. The SMILES string of the molecule is CCOP(=O)(OCC)C(Nc1ccc(O)cn1)P(=O)(OCC)OCC.CCOP(=O)(OCC)C(Nc1ncc(C(F)(F)F)cc1Cl)P(=O)(OCC)OCC. The number of pyridine rings is 2. The molecule has 2 heterocycles. The highest BCUT2D eigenvalue weighted by Crippen LogP contribution is 2.71. The summed E-state index contributed by atoms with van der Waals surface area (Å²) in [6.45, 7) is 12.8. The Morgan fingerprint density at radius 3 is 1.26 bits per heavy atom. The average molecular weight is 879 g/mol. The molecule has 0 spiro atoms. The normalized spacial score (nSPS) is 12.9. The van der Waals surface area contributed by atoms with Crippen LogP contribution in [0.1, 0.15) is 61.0 Å². The molecule has 0 saturated heterocycles. The molecule has 0 aromatic carbocycles. The summed E-state index contributed by atoms with van der Waals surface area (Å²) in [7, 11) is -16.2. The van der Waals surface area contributed by atoms with Gasteiger partial charge in [0.25, 0.3) is 0 Å². The molecule has 2 aromatic rings. The molecule has 2 rings (SSSR count). The highest BCUT2D eigenvalue weighted by molar-refractivity contribution is 7.73. The number of nitrogens with one attached hydrogen (secondary N) is 2. The molecule has 0 unspecified atom stereocenters.